The molecule has 6 nitrogen and oxygen atoms in total. The minimum absolute atomic E-state index is 0.0193. The number of benzene rings is 1. The summed E-state index contributed by atoms with van der Waals surface area (Å²) in [7, 11) is 0. The zero-order valence-electron chi connectivity index (χ0n) is 9.61. The molecule has 0 fully saturated rings. The number of esters is 1. The monoisotopic (exact) mass is 259 g/mol. The zero-order chi connectivity index (χ0) is 13.8. The van der Waals surface area contributed by atoms with Gasteiger partial charge in [0.25, 0.3) is 0 Å². The average Bonchev–Trinajstić information content (AvgIpc) is 2.41. The second-order valence-corrected chi connectivity index (χ2v) is 3.59. The topological polar surface area (TPSA) is 96.7 Å². The molecule has 2 N–H and O–H groups in total. The lowest BCUT2D eigenvalue weighted by Crippen LogP contribution is -2.10. The SMILES string of the molecule is O=C(Oc1ccc(O)c(C(=O)O)c1)c1ccccn1. The molecular weight excluding hydrogens is 250 g/mol. The van der Waals surface area contributed by atoms with Crippen LogP contribution < -0.4 is 4.74 Å². The molecular formula is C13H9NO5. The van der Waals surface area contributed by atoms with Crippen molar-refractivity contribution in [1.82, 2.24) is 4.98 Å². The Kier molecular flexibility index (Phi) is 3.42. The van der Waals surface area contributed by atoms with Crippen LogP contribution in [0.4, 0.5) is 0 Å². The number of nitrogens with zero attached hydrogens (tertiary/aromatic N) is 1. The van der Waals surface area contributed by atoms with Crippen LogP contribution in [0.25, 0.3) is 0 Å². The quantitative estimate of drug-likeness (QED) is 0.643. The van der Waals surface area contributed by atoms with Gasteiger partial charge in [-0.25, -0.2) is 14.6 Å². The van der Waals surface area contributed by atoms with Gasteiger partial charge in [0.2, 0.25) is 0 Å². The molecule has 96 valence electrons. The second kappa shape index (κ2) is 5.18. The van der Waals surface area contributed by atoms with Crippen molar-refractivity contribution < 1.29 is 24.5 Å². The van der Waals surface area contributed by atoms with E-state index in [4.69, 9.17) is 9.84 Å². The largest absolute Gasteiger partial charge is 0.507 e. The molecule has 1 aromatic carbocycles. The molecule has 0 saturated heterocycles. The number of carbonyl (C=O) groups is 2. The maximum absolute atomic E-state index is 11.7. The van der Waals surface area contributed by atoms with Gasteiger partial charge in [0, 0.05) is 6.20 Å². The van der Waals surface area contributed by atoms with Crippen LogP contribution in [0, 0.1) is 0 Å². The van der Waals surface area contributed by atoms with Gasteiger partial charge in [0.1, 0.15) is 22.8 Å². The molecule has 0 spiro atoms. The summed E-state index contributed by atoms with van der Waals surface area (Å²) in [5, 5.41) is 18.2. The van der Waals surface area contributed by atoms with Gasteiger partial charge >= 0.3 is 11.9 Å². The summed E-state index contributed by atoms with van der Waals surface area (Å²) in [5.41, 5.74) is -0.237. The van der Waals surface area contributed by atoms with Crippen molar-refractivity contribution in [3.05, 3.63) is 53.9 Å². The van der Waals surface area contributed by atoms with E-state index in [-0.39, 0.29) is 17.0 Å². The highest BCUT2D eigenvalue weighted by molar-refractivity contribution is 5.92. The highest BCUT2D eigenvalue weighted by Gasteiger charge is 2.14. The fourth-order valence-electron chi connectivity index (χ4n) is 1.39. The summed E-state index contributed by atoms with van der Waals surface area (Å²) in [6, 6.07) is 8.26. The Morgan fingerprint density at radius 3 is 2.58 bits per heavy atom. The third kappa shape index (κ3) is 2.86. The number of carbonyl (C=O) groups excluding carboxylic acids is 1. The van der Waals surface area contributed by atoms with Crippen molar-refractivity contribution in [1.29, 1.82) is 0 Å². The van der Waals surface area contributed by atoms with E-state index in [1.54, 1.807) is 12.1 Å². The number of rotatable bonds is 3. The van der Waals surface area contributed by atoms with Crippen LogP contribution in [0.5, 0.6) is 11.5 Å². The van der Waals surface area contributed by atoms with E-state index in [1.807, 2.05) is 0 Å². The smallest absolute Gasteiger partial charge is 0.362 e. The maximum atomic E-state index is 11.7. The van der Waals surface area contributed by atoms with Crippen LogP contribution in [-0.2, 0) is 0 Å². The normalized spacial score (nSPS) is 9.89. The molecule has 0 aliphatic heterocycles. The lowest BCUT2D eigenvalue weighted by atomic mass is 10.2. The Balaban J connectivity index is 2.23. The molecule has 6 heteroatoms. The number of phenols is 1. The highest BCUT2D eigenvalue weighted by Crippen LogP contribution is 2.23. The Morgan fingerprint density at radius 2 is 1.95 bits per heavy atom. The third-order valence-corrected chi connectivity index (χ3v) is 2.28. The Morgan fingerprint density at radius 1 is 1.16 bits per heavy atom. The van der Waals surface area contributed by atoms with Crippen molar-refractivity contribution in [3.8, 4) is 11.5 Å². The number of pyridine rings is 1. The van der Waals surface area contributed by atoms with E-state index in [0.29, 0.717) is 0 Å². The summed E-state index contributed by atoms with van der Waals surface area (Å²) in [6.45, 7) is 0. The first-order chi connectivity index (χ1) is 9.08. The summed E-state index contributed by atoms with van der Waals surface area (Å²) in [4.78, 5) is 26.3. The van der Waals surface area contributed by atoms with Gasteiger partial charge in [-0.1, -0.05) is 6.07 Å². The third-order valence-electron chi connectivity index (χ3n) is 2.28. The lowest BCUT2D eigenvalue weighted by Gasteiger charge is -2.05. The number of carboxylic acid groups (broad SMARTS) is 1. The van der Waals surface area contributed by atoms with Crippen molar-refractivity contribution >= 4 is 11.9 Å². The number of carboxylic acids is 1. The van der Waals surface area contributed by atoms with Gasteiger partial charge in [-0.15, -0.1) is 0 Å². The average molecular weight is 259 g/mol. The van der Waals surface area contributed by atoms with Crippen molar-refractivity contribution in [2.75, 3.05) is 0 Å². The summed E-state index contributed by atoms with van der Waals surface area (Å²) in [6.07, 6.45) is 1.44. The molecule has 1 heterocycles. The minimum atomic E-state index is -1.31. The van der Waals surface area contributed by atoms with Crippen LogP contribution in [0.3, 0.4) is 0 Å². The molecule has 0 amide bonds. The van der Waals surface area contributed by atoms with Gasteiger partial charge in [-0.2, -0.15) is 0 Å². The van der Waals surface area contributed by atoms with Crippen molar-refractivity contribution in [2.45, 2.75) is 0 Å². The molecule has 0 aliphatic rings. The van der Waals surface area contributed by atoms with Crippen molar-refractivity contribution in [2.24, 2.45) is 0 Å². The summed E-state index contributed by atoms with van der Waals surface area (Å²) >= 11 is 0. The van der Waals surface area contributed by atoms with Crippen LogP contribution in [0.15, 0.2) is 42.6 Å². The molecule has 1 aromatic heterocycles. The predicted molar refractivity (Wildman–Crippen MR) is 64.3 cm³/mol. The molecule has 19 heavy (non-hydrogen) atoms. The number of hydrogen-bond donors (Lipinski definition) is 2. The van der Waals surface area contributed by atoms with Crippen LogP contribution in [-0.4, -0.2) is 27.1 Å². The zero-order valence-corrected chi connectivity index (χ0v) is 9.61. The Hall–Kier alpha value is -2.89. The fourth-order valence-corrected chi connectivity index (χ4v) is 1.39. The molecule has 0 radical (unpaired) electrons. The van der Waals surface area contributed by atoms with Gasteiger partial charge in [0.15, 0.2) is 0 Å². The van der Waals surface area contributed by atoms with Gasteiger partial charge in [-0.05, 0) is 30.3 Å². The van der Waals surface area contributed by atoms with E-state index in [9.17, 15) is 14.7 Å². The van der Waals surface area contributed by atoms with E-state index in [2.05, 4.69) is 4.98 Å². The molecule has 0 aliphatic carbocycles. The molecule has 0 unspecified atom stereocenters. The van der Waals surface area contributed by atoms with Gasteiger partial charge in [-0.3, -0.25) is 0 Å². The van der Waals surface area contributed by atoms with Crippen LogP contribution in [0.1, 0.15) is 20.8 Å². The number of aromatic nitrogens is 1. The van der Waals surface area contributed by atoms with E-state index in [0.717, 1.165) is 12.1 Å². The molecule has 2 rings (SSSR count). The van der Waals surface area contributed by atoms with Crippen LogP contribution >= 0.6 is 0 Å². The summed E-state index contributed by atoms with van der Waals surface area (Å²) < 4.78 is 4.97. The predicted octanol–water partition coefficient (Wildman–Crippen LogP) is 1.70. The van der Waals surface area contributed by atoms with E-state index < -0.39 is 17.7 Å². The first-order valence-electron chi connectivity index (χ1n) is 5.27. The first kappa shape index (κ1) is 12.6. The number of aromatic hydroxyl groups is 1. The molecule has 0 atom stereocenters. The Labute approximate surface area is 107 Å². The van der Waals surface area contributed by atoms with Crippen LogP contribution in [0.2, 0.25) is 0 Å². The second-order valence-electron chi connectivity index (χ2n) is 3.59. The van der Waals surface area contributed by atoms with Gasteiger partial charge in [0.05, 0.1) is 0 Å². The van der Waals surface area contributed by atoms with E-state index in [1.165, 1.54) is 18.3 Å². The standard InChI is InChI=1S/C13H9NO5/c15-11-5-4-8(7-9(11)12(16)17)19-13(18)10-3-1-2-6-14-10/h1-7,15H,(H,16,17). The first-order valence-corrected chi connectivity index (χ1v) is 5.27. The maximum Gasteiger partial charge on any atom is 0.362 e. The molecule has 0 saturated carbocycles. The minimum Gasteiger partial charge on any atom is -0.507 e. The van der Waals surface area contributed by atoms with E-state index >= 15 is 0 Å². The van der Waals surface area contributed by atoms with Crippen molar-refractivity contribution in [3.63, 3.8) is 0 Å². The van der Waals surface area contributed by atoms with Gasteiger partial charge < -0.3 is 14.9 Å². The number of ether oxygens (including phenoxy) is 1. The lowest BCUT2D eigenvalue weighted by molar-refractivity contribution is 0.0683. The molecule has 2 aromatic rings. The fraction of sp³-hybridized carbons (Fsp3) is 0. The highest BCUT2D eigenvalue weighted by atomic mass is 16.5. The Bertz CT molecular complexity index is 624. The number of hydrogen-bond acceptors (Lipinski definition) is 5. The molecule has 0 bridgehead atoms. The number of aromatic carboxylic acids is 1. The summed E-state index contributed by atoms with van der Waals surface area (Å²) in [5.74, 6) is -2.40.